The summed E-state index contributed by atoms with van der Waals surface area (Å²) >= 11 is 0. The second-order valence-electron chi connectivity index (χ2n) is 7.63. The van der Waals surface area contributed by atoms with E-state index in [9.17, 15) is 0 Å². The molecule has 1 atom stereocenters. The molecule has 1 aliphatic rings. The first-order chi connectivity index (χ1) is 11.5. The number of hydrogen-bond donors (Lipinski definition) is 2. The van der Waals surface area contributed by atoms with Gasteiger partial charge in [-0.25, -0.2) is 0 Å². The molecule has 0 aromatic rings. The van der Waals surface area contributed by atoms with Crippen molar-refractivity contribution in [1.82, 2.24) is 20.4 Å². The van der Waals surface area contributed by atoms with Crippen LogP contribution in [-0.2, 0) is 0 Å². The first kappa shape index (κ1) is 21.2. The molecule has 0 bridgehead atoms. The molecule has 0 aromatic carbocycles. The molecule has 1 unspecified atom stereocenters. The molecule has 1 aliphatic heterocycles. The molecule has 0 amide bonds. The molecule has 1 saturated heterocycles. The van der Waals surface area contributed by atoms with Gasteiger partial charge in [-0.05, 0) is 52.7 Å². The predicted octanol–water partition coefficient (Wildman–Crippen LogP) is 2.39. The van der Waals surface area contributed by atoms with Crippen LogP contribution < -0.4 is 10.6 Å². The quantitative estimate of drug-likeness (QED) is 0.500. The van der Waals surface area contributed by atoms with Crippen LogP contribution in [0.3, 0.4) is 0 Å². The second-order valence-corrected chi connectivity index (χ2v) is 7.63. The van der Waals surface area contributed by atoms with Crippen molar-refractivity contribution in [3.63, 3.8) is 0 Å². The minimum Gasteiger partial charge on any atom is -0.357 e. The Labute approximate surface area is 150 Å². The third-order valence-electron chi connectivity index (χ3n) is 4.64. The molecule has 1 fully saturated rings. The molecule has 0 spiro atoms. The normalized spacial score (nSPS) is 19.3. The summed E-state index contributed by atoms with van der Waals surface area (Å²) < 4.78 is 0. The first-order valence-electron chi connectivity index (χ1n) is 9.97. The summed E-state index contributed by atoms with van der Waals surface area (Å²) in [5.74, 6) is 1.77. The molecule has 0 saturated carbocycles. The summed E-state index contributed by atoms with van der Waals surface area (Å²) in [5.41, 5.74) is 0. The average Bonchev–Trinajstić information content (AvgIpc) is 2.72. The highest BCUT2D eigenvalue weighted by Crippen LogP contribution is 2.08. The minimum atomic E-state index is 0.480. The Bertz CT molecular complexity index is 343. The van der Waals surface area contributed by atoms with Gasteiger partial charge in [0.25, 0.3) is 0 Å². The van der Waals surface area contributed by atoms with Crippen LogP contribution in [0.1, 0.15) is 53.4 Å². The van der Waals surface area contributed by atoms with Crippen LogP contribution in [0, 0.1) is 5.92 Å². The van der Waals surface area contributed by atoms with Crippen molar-refractivity contribution < 1.29 is 0 Å². The van der Waals surface area contributed by atoms with Gasteiger partial charge in [0.1, 0.15) is 0 Å². The average molecular weight is 340 g/mol. The van der Waals surface area contributed by atoms with E-state index in [1.807, 2.05) is 0 Å². The van der Waals surface area contributed by atoms with E-state index in [4.69, 9.17) is 4.99 Å². The highest BCUT2D eigenvalue weighted by atomic mass is 15.2. The largest absolute Gasteiger partial charge is 0.357 e. The van der Waals surface area contributed by atoms with Crippen molar-refractivity contribution in [2.45, 2.75) is 59.4 Å². The van der Waals surface area contributed by atoms with Crippen LogP contribution in [0.4, 0.5) is 0 Å². The van der Waals surface area contributed by atoms with Gasteiger partial charge in [0.15, 0.2) is 5.96 Å². The fraction of sp³-hybridized carbons (Fsp3) is 0.947. The van der Waals surface area contributed by atoms with Gasteiger partial charge < -0.3 is 20.4 Å². The smallest absolute Gasteiger partial charge is 0.191 e. The van der Waals surface area contributed by atoms with Crippen molar-refractivity contribution in [3.05, 3.63) is 0 Å². The minimum absolute atomic E-state index is 0.480. The number of nitrogens with zero attached hydrogens (tertiary/aromatic N) is 3. The maximum atomic E-state index is 4.78. The zero-order valence-electron chi connectivity index (χ0n) is 16.8. The van der Waals surface area contributed by atoms with Gasteiger partial charge in [0.05, 0.1) is 6.54 Å². The lowest BCUT2D eigenvalue weighted by Gasteiger charge is -2.20. The van der Waals surface area contributed by atoms with Crippen LogP contribution in [0.5, 0.6) is 0 Å². The molecule has 24 heavy (non-hydrogen) atoms. The van der Waals surface area contributed by atoms with Crippen molar-refractivity contribution in [1.29, 1.82) is 0 Å². The van der Waals surface area contributed by atoms with Crippen LogP contribution in [0.2, 0.25) is 0 Å². The van der Waals surface area contributed by atoms with Gasteiger partial charge in [-0.3, -0.25) is 4.99 Å². The van der Waals surface area contributed by atoms with E-state index >= 15 is 0 Å². The monoisotopic (exact) mass is 339 g/mol. The lowest BCUT2D eigenvalue weighted by Crippen LogP contribution is -2.42. The van der Waals surface area contributed by atoms with E-state index in [2.05, 4.69) is 55.2 Å². The van der Waals surface area contributed by atoms with Gasteiger partial charge in [-0.1, -0.05) is 26.7 Å². The summed E-state index contributed by atoms with van der Waals surface area (Å²) in [7, 11) is 2.22. The lowest BCUT2D eigenvalue weighted by molar-refractivity contribution is 0.283. The number of hydrogen-bond acceptors (Lipinski definition) is 3. The van der Waals surface area contributed by atoms with Crippen LogP contribution in [0.25, 0.3) is 0 Å². The van der Waals surface area contributed by atoms with E-state index in [0.717, 1.165) is 31.5 Å². The maximum Gasteiger partial charge on any atom is 0.191 e. The Hall–Kier alpha value is -0.810. The Morgan fingerprint density at radius 2 is 1.88 bits per heavy atom. The van der Waals surface area contributed by atoms with Crippen molar-refractivity contribution in [2.24, 2.45) is 10.9 Å². The third kappa shape index (κ3) is 10.1. The molecule has 2 N–H and O–H groups in total. The molecule has 0 aliphatic carbocycles. The lowest BCUT2D eigenvalue weighted by atomic mass is 10.0. The van der Waals surface area contributed by atoms with E-state index in [-0.39, 0.29) is 0 Å². The van der Waals surface area contributed by atoms with Crippen molar-refractivity contribution in [3.8, 4) is 0 Å². The SMILES string of the molecule is CCNC(=NCCN1CCCN(C)CC1)NC(C)CCCC(C)C. The first-order valence-corrected chi connectivity index (χ1v) is 9.97. The molecule has 142 valence electrons. The van der Waals surface area contributed by atoms with Crippen molar-refractivity contribution in [2.75, 3.05) is 52.9 Å². The summed E-state index contributed by atoms with van der Waals surface area (Å²) in [4.78, 5) is 9.75. The van der Waals surface area contributed by atoms with Crippen molar-refractivity contribution >= 4 is 5.96 Å². The highest BCUT2D eigenvalue weighted by molar-refractivity contribution is 5.80. The highest BCUT2D eigenvalue weighted by Gasteiger charge is 2.11. The van der Waals surface area contributed by atoms with Gasteiger partial charge in [-0.2, -0.15) is 0 Å². The maximum absolute atomic E-state index is 4.78. The Kier molecular flexibility index (Phi) is 11.1. The molecule has 1 rings (SSSR count). The third-order valence-corrected chi connectivity index (χ3v) is 4.64. The zero-order valence-corrected chi connectivity index (χ0v) is 16.8. The second kappa shape index (κ2) is 12.5. The molecule has 0 aromatic heterocycles. The molecular formula is C19H41N5. The molecule has 0 radical (unpaired) electrons. The number of aliphatic imine (C=N–C) groups is 1. The van der Waals surface area contributed by atoms with Gasteiger partial charge in [0, 0.05) is 32.2 Å². The van der Waals surface area contributed by atoms with Crippen LogP contribution in [0.15, 0.2) is 4.99 Å². The van der Waals surface area contributed by atoms with Crippen LogP contribution in [-0.4, -0.2) is 74.7 Å². The number of rotatable bonds is 9. The summed E-state index contributed by atoms with van der Waals surface area (Å²) in [6.45, 7) is 16.6. The standard InChI is InChI=1S/C19H41N5/c1-6-20-19(22-18(4)10-7-9-17(2)3)21-11-14-24-13-8-12-23(5)15-16-24/h17-18H,6-16H2,1-5H3,(H2,20,21,22). The Balaban J connectivity index is 2.32. The number of guanidine groups is 1. The van der Waals surface area contributed by atoms with E-state index in [1.54, 1.807) is 0 Å². The topological polar surface area (TPSA) is 42.9 Å². The van der Waals surface area contributed by atoms with E-state index in [0.29, 0.717) is 6.04 Å². The summed E-state index contributed by atoms with van der Waals surface area (Å²) in [6, 6.07) is 0.480. The van der Waals surface area contributed by atoms with E-state index in [1.165, 1.54) is 51.9 Å². The predicted molar refractivity (Wildman–Crippen MR) is 106 cm³/mol. The van der Waals surface area contributed by atoms with Gasteiger partial charge in [-0.15, -0.1) is 0 Å². The number of likely N-dealkylation sites (N-methyl/N-ethyl adjacent to an activating group) is 1. The Morgan fingerprint density at radius 3 is 2.58 bits per heavy atom. The van der Waals surface area contributed by atoms with E-state index < -0.39 is 0 Å². The molecular weight excluding hydrogens is 298 g/mol. The fourth-order valence-electron chi connectivity index (χ4n) is 3.08. The molecule has 1 heterocycles. The van der Waals surface area contributed by atoms with Gasteiger partial charge >= 0.3 is 0 Å². The Morgan fingerprint density at radius 1 is 1.08 bits per heavy atom. The number of nitrogens with one attached hydrogen (secondary N) is 2. The summed E-state index contributed by atoms with van der Waals surface area (Å²) in [6.07, 6.45) is 5.07. The molecule has 5 nitrogen and oxygen atoms in total. The van der Waals surface area contributed by atoms with Crippen LogP contribution >= 0.6 is 0 Å². The van der Waals surface area contributed by atoms with Gasteiger partial charge in [0.2, 0.25) is 0 Å². The summed E-state index contributed by atoms with van der Waals surface area (Å²) in [5, 5.41) is 6.94. The molecule has 5 heteroatoms. The zero-order chi connectivity index (χ0) is 17.8. The fourth-order valence-corrected chi connectivity index (χ4v) is 3.08.